The molecule has 2 fully saturated rings. The van der Waals surface area contributed by atoms with Crippen LogP contribution in [0.4, 0.5) is 0 Å². The second-order valence-electron chi connectivity index (χ2n) is 3.54. The van der Waals surface area contributed by atoms with Gasteiger partial charge in [-0.15, -0.1) is 12.4 Å². The van der Waals surface area contributed by atoms with Crippen molar-refractivity contribution < 1.29 is 0 Å². The van der Waals surface area contributed by atoms with Crippen LogP contribution in [0.25, 0.3) is 0 Å². The lowest BCUT2D eigenvalue weighted by molar-refractivity contribution is 0.498. The Labute approximate surface area is 69.0 Å². The summed E-state index contributed by atoms with van der Waals surface area (Å²) in [7, 11) is 0. The van der Waals surface area contributed by atoms with Gasteiger partial charge in [0.2, 0.25) is 0 Å². The highest BCUT2D eigenvalue weighted by Gasteiger charge is 2.25. The molecule has 2 heteroatoms. The monoisotopic (exact) mass is 161 g/mol. The zero-order chi connectivity index (χ0) is 6.10. The van der Waals surface area contributed by atoms with E-state index in [0.717, 1.165) is 11.8 Å². The van der Waals surface area contributed by atoms with E-state index in [-0.39, 0.29) is 12.4 Å². The second kappa shape index (κ2) is 3.59. The van der Waals surface area contributed by atoms with Crippen molar-refractivity contribution in [2.24, 2.45) is 11.8 Å². The summed E-state index contributed by atoms with van der Waals surface area (Å²) < 4.78 is 0. The lowest BCUT2D eigenvalue weighted by Gasteiger charge is -2.07. The molecule has 1 aliphatic carbocycles. The van der Waals surface area contributed by atoms with Crippen LogP contribution in [0.5, 0.6) is 0 Å². The Bertz CT molecular complexity index is 93.4. The van der Waals surface area contributed by atoms with Gasteiger partial charge in [0.05, 0.1) is 0 Å². The molecule has 1 N–H and O–H groups in total. The summed E-state index contributed by atoms with van der Waals surface area (Å²) in [5.74, 6) is 2.13. The molecule has 0 aromatic rings. The summed E-state index contributed by atoms with van der Waals surface area (Å²) in [6.07, 6.45) is 5.98. The number of rotatable bonds is 0. The smallest absolute Gasteiger partial charge is 0.00204 e. The molecular formula is C8H16ClN. The lowest BCUT2D eigenvalue weighted by Crippen LogP contribution is -2.20. The van der Waals surface area contributed by atoms with Gasteiger partial charge in [-0.25, -0.2) is 0 Å². The molecule has 0 amide bonds. The SMILES string of the molecule is C1CC2CCC(CN1)C2.Cl. The molecule has 1 saturated heterocycles. The highest BCUT2D eigenvalue weighted by Crippen LogP contribution is 2.33. The fourth-order valence-corrected chi connectivity index (χ4v) is 2.24. The van der Waals surface area contributed by atoms with Gasteiger partial charge < -0.3 is 5.32 Å². The number of hydrogen-bond acceptors (Lipinski definition) is 1. The van der Waals surface area contributed by atoms with Crippen LogP contribution in [0.15, 0.2) is 0 Å². The zero-order valence-electron chi connectivity index (χ0n) is 6.31. The van der Waals surface area contributed by atoms with E-state index in [1.54, 1.807) is 0 Å². The Hall–Kier alpha value is 0.250. The van der Waals surface area contributed by atoms with Crippen molar-refractivity contribution in [3.8, 4) is 0 Å². The Kier molecular flexibility index (Phi) is 2.99. The van der Waals surface area contributed by atoms with Crippen LogP contribution in [0.2, 0.25) is 0 Å². The predicted molar refractivity (Wildman–Crippen MR) is 45.6 cm³/mol. The first-order valence-corrected chi connectivity index (χ1v) is 4.16. The number of nitrogens with one attached hydrogen (secondary N) is 1. The number of fused-ring (bicyclic) bond motifs is 2. The average Bonchev–Trinajstić information content (AvgIpc) is 2.09. The fourth-order valence-electron chi connectivity index (χ4n) is 2.24. The third kappa shape index (κ3) is 1.64. The minimum atomic E-state index is 0. The van der Waals surface area contributed by atoms with E-state index in [9.17, 15) is 0 Å². The van der Waals surface area contributed by atoms with Crippen molar-refractivity contribution in [2.75, 3.05) is 13.1 Å². The fraction of sp³-hybridized carbons (Fsp3) is 1.00. The first kappa shape index (κ1) is 8.35. The Balaban J connectivity index is 0.000000500. The summed E-state index contributed by atoms with van der Waals surface area (Å²) in [5, 5.41) is 3.48. The first-order chi connectivity index (χ1) is 4.45. The van der Waals surface area contributed by atoms with Crippen LogP contribution >= 0.6 is 12.4 Å². The average molecular weight is 162 g/mol. The van der Waals surface area contributed by atoms with Crippen LogP contribution in [-0.4, -0.2) is 13.1 Å². The summed E-state index contributed by atoms with van der Waals surface area (Å²) in [4.78, 5) is 0. The van der Waals surface area contributed by atoms with Crippen LogP contribution in [-0.2, 0) is 0 Å². The minimum absolute atomic E-state index is 0. The van der Waals surface area contributed by atoms with Gasteiger partial charge in [0.1, 0.15) is 0 Å². The molecule has 2 atom stereocenters. The molecule has 0 aromatic carbocycles. The van der Waals surface area contributed by atoms with Crippen molar-refractivity contribution in [3.63, 3.8) is 0 Å². The molecule has 2 bridgehead atoms. The molecule has 10 heavy (non-hydrogen) atoms. The van der Waals surface area contributed by atoms with Crippen LogP contribution in [0.3, 0.4) is 0 Å². The number of halogens is 1. The maximum Gasteiger partial charge on any atom is -0.00204 e. The maximum atomic E-state index is 3.48. The van der Waals surface area contributed by atoms with Crippen molar-refractivity contribution in [2.45, 2.75) is 25.7 Å². The van der Waals surface area contributed by atoms with Gasteiger partial charge in [-0.2, -0.15) is 0 Å². The molecule has 1 aliphatic heterocycles. The molecule has 2 aliphatic rings. The molecule has 0 radical (unpaired) electrons. The van der Waals surface area contributed by atoms with Gasteiger partial charge in [-0.05, 0) is 44.2 Å². The summed E-state index contributed by atoms with van der Waals surface area (Å²) in [5.41, 5.74) is 0. The largest absolute Gasteiger partial charge is 0.316 e. The Morgan fingerprint density at radius 1 is 1.00 bits per heavy atom. The van der Waals surface area contributed by atoms with E-state index in [1.165, 1.54) is 38.8 Å². The Morgan fingerprint density at radius 2 is 1.80 bits per heavy atom. The molecule has 0 spiro atoms. The van der Waals surface area contributed by atoms with Gasteiger partial charge in [0.15, 0.2) is 0 Å². The van der Waals surface area contributed by atoms with Gasteiger partial charge in [-0.3, -0.25) is 0 Å². The standard InChI is InChI=1S/C8H15N.ClH/c1-2-8-5-7(1)3-4-9-6-8;/h7-9H,1-6H2;1H. The summed E-state index contributed by atoms with van der Waals surface area (Å²) in [6.45, 7) is 2.58. The molecular weight excluding hydrogens is 146 g/mol. The molecule has 1 nitrogen and oxygen atoms in total. The molecule has 60 valence electrons. The van der Waals surface area contributed by atoms with E-state index >= 15 is 0 Å². The number of hydrogen-bond donors (Lipinski definition) is 1. The molecule has 2 rings (SSSR count). The topological polar surface area (TPSA) is 12.0 Å². The normalized spacial score (nSPS) is 38.4. The highest BCUT2D eigenvalue weighted by molar-refractivity contribution is 5.85. The van der Waals surface area contributed by atoms with E-state index < -0.39 is 0 Å². The lowest BCUT2D eigenvalue weighted by atomic mass is 10.0. The van der Waals surface area contributed by atoms with Crippen molar-refractivity contribution in [1.29, 1.82) is 0 Å². The van der Waals surface area contributed by atoms with Crippen LogP contribution < -0.4 is 5.32 Å². The van der Waals surface area contributed by atoms with E-state index in [0.29, 0.717) is 0 Å². The molecule has 1 saturated carbocycles. The second-order valence-corrected chi connectivity index (χ2v) is 3.54. The van der Waals surface area contributed by atoms with Crippen molar-refractivity contribution in [1.82, 2.24) is 5.32 Å². The van der Waals surface area contributed by atoms with E-state index in [2.05, 4.69) is 5.32 Å². The molecule has 0 aromatic heterocycles. The van der Waals surface area contributed by atoms with Crippen LogP contribution in [0, 0.1) is 11.8 Å². The van der Waals surface area contributed by atoms with Gasteiger partial charge in [0, 0.05) is 0 Å². The van der Waals surface area contributed by atoms with Gasteiger partial charge in [-0.1, -0.05) is 6.42 Å². The first-order valence-electron chi connectivity index (χ1n) is 4.16. The predicted octanol–water partition coefficient (Wildman–Crippen LogP) is 1.82. The van der Waals surface area contributed by atoms with Gasteiger partial charge in [0.25, 0.3) is 0 Å². The third-order valence-electron chi connectivity index (χ3n) is 2.81. The highest BCUT2D eigenvalue weighted by atomic mass is 35.5. The maximum absolute atomic E-state index is 3.48. The molecule has 2 unspecified atom stereocenters. The van der Waals surface area contributed by atoms with Gasteiger partial charge >= 0.3 is 0 Å². The van der Waals surface area contributed by atoms with Crippen molar-refractivity contribution in [3.05, 3.63) is 0 Å². The quantitative estimate of drug-likeness (QED) is 0.572. The summed E-state index contributed by atoms with van der Waals surface area (Å²) in [6, 6.07) is 0. The van der Waals surface area contributed by atoms with E-state index in [4.69, 9.17) is 0 Å². The van der Waals surface area contributed by atoms with Crippen molar-refractivity contribution >= 4 is 12.4 Å². The molecule has 1 heterocycles. The zero-order valence-corrected chi connectivity index (χ0v) is 7.12. The van der Waals surface area contributed by atoms with E-state index in [1.807, 2.05) is 0 Å². The third-order valence-corrected chi connectivity index (χ3v) is 2.81. The summed E-state index contributed by atoms with van der Waals surface area (Å²) >= 11 is 0. The minimum Gasteiger partial charge on any atom is -0.316 e. The Morgan fingerprint density at radius 3 is 2.70 bits per heavy atom. The van der Waals surface area contributed by atoms with Crippen LogP contribution in [0.1, 0.15) is 25.7 Å².